The molecule has 0 bridgehead atoms. The highest BCUT2D eigenvalue weighted by Crippen LogP contribution is 2.24. The second-order valence-corrected chi connectivity index (χ2v) is 6.41. The number of nitro benzene ring substituents is 1. The lowest BCUT2D eigenvalue weighted by atomic mass is 10.1. The average Bonchev–Trinajstić information content (AvgIpc) is 3.00. The summed E-state index contributed by atoms with van der Waals surface area (Å²) in [6, 6.07) is 11.7. The Kier molecular flexibility index (Phi) is 5.35. The smallest absolute Gasteiger partial charge is 0.363 e. The van der Waals surface area contributed by atoms with Gasteiger partial charge in [0.05, 0.1) is 4.92 Å². The van der Waals surface area contributed by atoms with Gasteiger partial charge in [0.2, 0.25) is 5.90 Å². The number of nitrogens with zero attached hydrogens (tertiary/aromatic N) is 2. The van der Waals surface area contributed by atoms with E-state index < -0.39 is 10.9 Å². The summed E-state index contributed by atoms with van der Waals surface area (Å²) in [6.07, 6.45) is 1.60. The monoisotopic (exact) mass is 378 g/mol. The van der Waals surface area contributed by atoms with Crippen LogP contribution < -0.4 is 4.74 Å². The van der Waals surface area contributed by atoms with Gasteiger partial charge < -0.3 is 9.47 Å². The van der Waals surface area contributed by atoms with Crippen LogP contribution in [0.15, 0.2) is 65.3 Å². The van der Waals surface area contributed by atoms with Crippen molar-refractivity contribution in [3.05, 3.63) is 87.1 Å². The quantitative estimate of drug-likeness (QED) is 0.247. The topological polar surface area (TPSA) is 91.0 Å². The van der Waals surface area contributed by atoms with Gasteiger partial charge in [0, 0.05) is 17.2 Å². The normalized spacial score (nSPS) is 14.6. The summed E-state index contributed by atoms with van der Waals surface area (Å²) in [5, 5.41) is 10.9. The number of carbonyl (C=O) groups is 1. The fraction of sp³-hybridized carbons (Fsp3) is 0.143. The van der Waals surface area contributed by atoms with Crippen LogP contribution in [-0.4, -0.2) is 23.4 Å². The highest BCUT2D eigenvalue weighted by Gasteiger charge is 2.25. The van der Waals surface area contributed by atoms with E-state index in [0.717, 1.165) is 11.1 Å². The molecule has 142 valence electrons. The largest absolute Gasteiger partial charge is 0.489 e. The lowest BCUT2D eigenvalue weighted by Crippen LogP contribution is -2.06. The van der Waals surface area contributed by atoms with Crippen molar-refractivity contribution < 1.29 is 19.2 Å². The molecule has 28 heavy (non-hydrogen) atoms. The Balaban J connectivity index is 1.86. The molecule has 7 heteroatoms. The summed E-state index contributed by atoms with van der Waals surface area (Å²) in [7, 11) is 0. The predicted octanol–water partition coefficient (Wildman–Crippen LogP) is 4.20. The van der Waals surface area contributed by atoms with Crippen molar-refractivity contribution in [2.75, 3.05) is 6.61 Å². The van der Waals surface area contributed by atoms with E-state index in [-0.39, 0.29) is 17.3 Å². The van der Waals surface area contributed by atoms with Crippen molar-refractivity contribution in [1.82, 2.24) is 0 Å². The van der Waals surface area contributed by atoms with Gasteiger partial charge in [-0.05, 0) is 55.3 Å². The number of aliphatic imine (C=N–C) groups is 1. The van der Waals surface area contributed by atoms with E-state index >= 15 is 0 Å². The van der Waals surface area contributed by atoms with Gasteiger partial charge in [0.25, 0.3) is 5.69 Å². The zero-order chi connectivity index (χ0) is 20.3. The number of carbonyl (C=O) groups excluding carboxylic acids is 1. The van der Waals surface area contributed by atoms with Crippen LogP contribution in [0, 0.1) is 17.0 Å². The molecule has 0 spiro atoms. The summed E-state index contributed by atoms with van der Waals surface area (Å²) in [5.41, 5.74) is 2.73. The average molecular weight is 378 g/mol. The van der Waals surface area contributed by atoms with Crippen molar-refractivity contribution in [2.24, 2.45) is 4.99 Å². The maximum Gasteiger partial charge on any atom is 0.363 e. The van der Waals surface area contributed by atoms with Gasteiger partial charge in [0.15, 0.2) is 5.70 Å². The van der Waals surface area contributed by atoms with E-state index in [1.807, 2.05) is 25.1 Å². The zero-order valence-corrected chi connectivity index (χ0v) is 15.5. The minimum absolute atomic E-state index is 0.00369. The summed E-state index contributed by atoms with van der Waals surface area (Å²) < 4.78 is 10.8. The lowest BCUT2D eigenvalue weighted by Gasteiger charge is -2.06. The molecular formula is C21H18N2O5. The van der Waals surface area contributed by atoms with E-state index in [1.165, 1.54) is 12.1 Å². The fourth-order valence-electron chi connectivity index (χ4n) is 2.58. The predicted molar refractivity (Wildman–Crippen MR) is 105 cm³/mol. The molecular weight excluding hydrogens is 360 g/mol. The maximum atomic E-state index is 12.2. The molecule has 2 aromatic carbocycles. The molecule has 0 saturated carbocycles. The highest BCUT2D eigenvalue weighted by molar-refractivity contribution is 6.13. The summed E-state index contributed by atoms with van der Waals surface area (Å²) in [6.45, 7) is 7.69. The Bertz CT molecular complexity index is 1040. The molecule has 0 aliphatic carbocycles. The van der Waals surface area contributed by atoms with Crippen molar-refractivity contribution in [2.45, 2.75) is 13.8 Å². The van der Waals surface area contributed by atoms with Crippen LogP contribution in [-0.2, 0) is 9.53 Å². The number of hydrogen-bond acceptors (Lipinski definition) is 6. The molecule has 0 saturated heterocycles. The van der Waals surface area contributed by atoms with Crippen LogP contribution >= 0.6 is 0 Å². The maximum absolute atomic E-state index is 12.2. The van der Waals surface area contributed by atoms with Gasteiger partial charge in [0.1, 0.15) is 12.4 Å². The van der Waals surface area contributed by atoms with E-state index in [2.05, 4.69) is 11.6 Å². The van der Waals surface area contributed by atoms with Crippen LogP contribution in [0.1, 0.15) is 23.6 Å². The van der Waals surface area contributed by atoms with Gasteiger partial charge in [-0.3, -0.25) is 10.1 Å². The number of esters is 1. The molecule has 0 N–H and O–H groups in total. The number of hydrogen-bond donors (Lipinski definition) is 0. The number of aryl methyl sites for hydroxylation is 1. The minimum Gasteiger partial charge on any atom is -0.489 e. The number of nitro groups is 1. The molecule has 0 fully saturated rings. The zero-order valence-electron chi connectivity index (χ0n) is 15.5. The molecule has 0 unspecified atom stereocenters. The lowest BCUT2D eigenvalue weighted by molar-refractivity contribution is -0.385. The summed E-state index contributed by atoms with van der Waals surface area (Å²) in [5.74, 6) is 0.183. The van der Waals surface area contributed by atoms with Crippen LogP contribution in [0.4, 0.5) is 5.69 Å². The van der Waals surface area contributed by atoms with Crippen LogP contribution in [0.3, 0.4) is 0 Å². The third-order valence-electron chi connectivity index (χ3n) is 3.91. The highest BCUT2D eigenvalue weighted by atomic mass is 16.6. The van der Waals surface area contributed by atoms with Crippen LogP contribution in [0.2, 0.25) is 0 Å². The molecule has 3 rings (SSSR count). The molecule has 0 aromatic heterocycles. The third-order valence-corrected chi connectivity index (χ3v) is 3.91. The Morgan fingerprint density at radius 1 is 1.32 bits per heavy atom. The second-order valence-electron chi connectivity index (χ2n) is 6.41. The second kappa shape index (κ2) is 7.87. The molecule has 2 aromatic rings. The first kappa shape index (κ1) is 19.0. The van der Waals surface area contributed by atoms with Crippen molar-refractivity contribution in [1.29, 1.82) is 0 Å². The number of ether oxygens (including phenoxy) is 2. The SMILES string of the molecule is C=C(C)COc1cccc(/C=C2\N=C(c3ccc([N+](=O)[O-])c(C)c3)OC2=O)c1. The third kappa shape index (κ3) is 4.32. The molecule has 0 amide bonds. The standard InChI is InChI=1S/C21H18N2O5/c1-13(2)12-27-17-6-4-5-15(10-17)11-18-21(24)28-20(22-18)16-7-8-19(23(25)26)14(3)9-16/h4-11H,1,12H2,2-3H3/b18-11-. The Hall–Kier alpha value is -3.74. The summed E-state index contributed by atoms with van der Waals surface area (Å²) >= 11 is 0. The fourth-order valence-corrected chi connectivity index (χ4v) is 2.58. The van der Waals surface area contributed by atoms with E-state index in [4.69, 9.17) is 9.47 Å². The van der Waals surface area contributed by atoms with Crippen molar-refractivity contribution in [3.8, 4) is 5.75 Å². The first-order valence-corrected chi connectivity index (χ1v) is 8.48. The molecule has 1 aliphatic heterocycles. The van der Waals surface area contributed by atoms with Crippen molar-refractivity contribution >= 4 is 23.6 Å². The van der Waals surface area contributed by atoms with E-state index in [1.54, 1.807) is 25.1 Å². The first-order valence-electron chi connectivity index (χ1n) is 8.48. The molecule has 1 aliphatic rings. The number of rotatable bonds is 6. The van der Waals surface area contributed by atoms with Crippen molar-refractivity contribution in [3.63, 3.8) is 0 Å². The van der Waals surface area contributed by atoms with E-state index in [9.17, 15) is 14.9 Å². The summed E-state index contributed by atoms with van der Waals surface area (Å²) in [4.78, 5) is 26.9. The Labute approximate surface area is 161 Å². The van der Waals surface area contributed by atoms with Gasteiger partial charge in [-0.15, -0.1) is 0 Å². The van der Waals surface area contributed by atoms with E-state index in [0.29, 0.717) is 23.5 Å². The first-order chi connectivity index (χ1) is 13.3. The molecule has 1 heterocycles. The Morgan fingerprint density at radius 3 is 2.79 bits per heavy atom. The van der Waals surface area contributed by atoms with Gasteiger partial charge >= 0.3 is 5.97 Å². The van der Waals surface area contributed by atoms with Crippen LogP contribution in [0.5, 0.6) is 5.75 Å². The molecule has 7 nitrogen and oxygen atoms in total. The minimum atomic E-state index is -0.584. The number of cyclic esters (lactones) is 1. The van der Waals surface area contributed by atoms with Gasteiger partial charge in [-0.2, -0.15) is 0 Å². The van der Waals surface area contributed by atoms with Gasteiger partial charge in [-0.1, -0.05) is 18.7 Å². The molecule has 0 radical (unpaired) electrons. The number of benzene rings is 2. The Morgan fingerprint density at radius 2 is 2.11 bits per heavy atom. The van der Waals surface area contributed by atoms with Crippen LogP contribution in [0.25, 0.3) is 6.08 Å². The molecule has 0 atom stereocenters. The van der Waals surface area contributed by atoms with Gasteiger partial charge in [-0.25, -0.2) is 9.79 Å².